The first-order valence-corrected chi connectivity index (χ1v) is 5.77. The predicted molar refractivity (Wildman–Crippen MR) is 59.3 cm³/mol. The maximum atomic E-state index is 11.3. The highest BCUT2D eigenvalue weighted by atomic mass is 16.6. The van der Waals surface area contributed by atoms with E-state index in [0.717, 1.165) is 26.1 Å². The molecule has 0 spiro atoms. The minimum Gasteiger partial charge on any atom is -0.467 e. The highest BCUT2D eigenvalue weighted by molar-refractivity contribution is 5.74. The predicted octanol–water partition coefficient (Wildman–Crippen LogP) is 0.287. The van der Waals surface area contributed by atoms with Crippen molar-refractivity contribution >= 4 is 5.97 Å². The fourth-order valence-electron chi connectivity index (χ4n) is 1.62. The monoisotopic (exact) mass is 231 g/mol. The van der Waals surface area contributed by atoms with E-state index in [2.05, 4.69) is 16.6 Å². The second kappa shape index (κ2) is 7.60. The molecule has 0 saturated carbocycles. The van der Waals surface area contributed by atoms with Crippen LogP contribution in [0, 0.1) is 0 Å². The number of carbonyl (C=O) groups is 1. The van der Waals surface area contributed by atoms with Gasteiger partial charge in [0.2, 0.25) is 0 Å². The van der Waals surface area contributed by atoms with Gasteiger partial charge in [-0.15, -0.1) is 0 Å². The Kier molecular flexibility index (Phi) is 6.37. The van der Waals surface area contributed by atoms with E-state index < -0.39 is 6.10 Å². The van der Waals surface area contributed by atoms with Crippen LogP contribution >= 0.6 is 0 Å². The van der Waals surface area contributed by atoms with Gasteiger partial charge >= 0.3 is 5.97 Å². The molecule has 1 rings (SSSR count). The molecule has 5 nitrogen and oxygen atoms in total. The van der Waals surface area contributed by atoms with E-state index in [1.165, 1.54) is 7.11 Å². The molecule has 1 aliphatic rings. The number of morpholine rings is 1. The average molecular weight is 231 g/mol. The molecule has 0 aromatic rings. The van der Waals surface area contributed by atoms with E-state index in [4.69, 9.17) is 9.47 Å². The lowest BCUT2D eigenvalue weighted by Crippen LogP contribution is -2.47. The van der Waals surface area contributed by atoms with Crippen molar-refractivity contribution < 1.29 is 19.0 Å². The summed E-state index contributed by atoms with van der Waals surface area (Å²) in [7, 11) is 1.38. The topological polar surface area (TPSA) is 48.0 Å². The molecule has 1 unspecified atom stereocenters. The van der Waals surface area contributed by atoms with Gasteiger partial charge in [0, 0.05) is 26.2 Å². The van der Waals surface area contributed by atoms with Crippen LogP contribution in [0.5, 0.6) is 0 Å². The molecule has 16 heavy (non-hydrogen) atoms. The van der Waals surface area contributed by atoms with Crippen LogP contribution in [-0.4, -0.2) is 63.5 Å². The molecule has 0 aliphatic carbocycles. The summed E-state index contributed by atoms with van der Waals surface area (Å²) < 4.78 is 15.4. The zero-order valence-corrected chi connectivity index (χ0v) is 10.1. The van der Waals surface area contributed by atoms with Gasteiger partial charge in [-0.05, 0) is 6.42 Å². The number of esters is 1. The summed E-state index contributed by atoms with van der Waals surface area (Å²) in [4.78, 5) is 13.5. The Hall–Kier alpha value is -0.650. The summed E-state index contributed by atoms with van der Waals surface area (Å²) in [6.07, 6.45) is 0.596. The number of hydrogen-bond acceptors (Lipinski definition) is 5. The standard InChI is InChI=1S/C11H21NO4/c1-3-6-15-7-4-12-5-8-16-10(9-12)11(13)14-2/h10H,3-9H2,1-2H3. The maximum absolute atomic E-state index is 11.3. The molecule has 1 aliphatic heterocycles. The van der Waals surface area contributed by atoms with Gasteiger partial charge in [-0.25, -0.2) is 4.79 Å². The van der Waals surface area contributed by atoms with E-state index in [1.807, 2.05) is 0 Å². The van der Waals surface area contributed by atoms with E-state index >= 15 is 0 Å². The molecule has 0 aromatic heterocycles. The van der Waals surface area contributed by atoms with Gasteiger partial charge in [-0.3, -0.25) is 4.90 Å². The van der Waals surface area contributed by atoms with Crippen LogP contribution in [0.1, 0.15) is 13.3 Å². The van der Waals surface area contributed by atoms with Gasteiger partial charge in [0.25, 0.3) is 0 Å². The fourth-order valence-corrected chi connectivity index (χ4v) is 1.62. The molecule has 0 radical (unpaired) electrons. The van der Waals surface area contributed by atoms with Crippen molar-refractivity contribution in [1.29, 1.82) is 0 Å². The molecule has 1 saturated heterocycles. The molecule has 0 N–H and O–H groups in total. The van der Waals surface area contributed by atoms with Crippen LogP contribution in [0.25, 0.3) is 0 Å². The summed E-state index contributed by atoms with van der Waals surface area (Å²) in [6.45, 7) is 6.46. The molecule has 0 aromatic carbocycles. The number of hydrogen-bond donors (Lipinski definition) is 0. The van der Waals surface area contributed by atoms with Gasteiger partial charge in [0.05, 0.1) is 20.3 Å². The van der Waals surface area contributed by atoms with E-state index in [9.17, 15) is 4.79 Å². The Labute approximate surface area is 96.6 Å². The highest BCUT2D eigenvalue weighted by Crippen LogP contribution is 2.06. The molecule has 1 heterocycles. The van der Waals surface area contributed by atoms with Crippen LogP contribution in [0.3, 0.4) is 0 Å². The SMILES string of the molecule is CCCOCCN1CCOC(C(=O)OC)C1. The summed E-state index contributed by atoms with van der Waals surface area (Å²) in [5.74, 6) is -0.292. The van der Waals surface area contributed by atoms with Gasteiger partial charge in [-0.2, -0.15) is 0 Å². The van der Waals surface area contributed by atoms with Gasteiger partial charge < -0.3 is 14.2 Å². The zero-order chi connectivity index (χ0) is 11.8. The molecular formula is C11H21NO4. The van der Waals surface area contributed by atoms with Crippen LogP contribution in [0.2, 0.25) is 0 Å². The number of carbonyl (C=O) groups excluding carboxylic acids is 1. The van der Waals surface area contributed by atoms with Gasteiger partial charge in [0.1, 0.15) is 0 Å². The van der Waals surface area contributed by atoms with Crippen molar-refractivity contribution in [3.8, 4) is 0 Å². The van der Waals surface area contributed by atoms with E-state index in [-0.39, 0.29) is 5.97 Å². The summed E-state index contributed by atoms with van der Waals surface area (Å²) in [6, 6.07) is 0. The first-order valence-electron chi connectivity index (χ1n) is 5.77. The van der Waals surface area contributed by atoms with E-state index in [1.54, 1.807) is 0 Å². The normalized spacial score (nSPS) is 22.0. The second-order valence-corrected chi connectivity index (χ2v) is 3.80. The first kappa shape index (κ1) is 13.4. The average Bonchev–Trinajstić information content (AvgIpc) is 2.34. The maximum Gasteiger partial charge on any atom is 0.336 e. The Morgan fingerprint density at radius 3 is 3.00 bits per heavy atom. The Bertz CT molecular complexity index is 210. The van der Waals surface area contributed by atoms with Crippen molar-refractivity contribution in [3.05, 3.63) is 0 Å². The quantitative estimate of drug-likeness (QED) is 0.485. The molecule has 0 bridgehead atoms. The summed E-state index contributed by atoms with van der Waals surface area (Å²) in [5.41, 5.74) is 0. The highest BCUT2D eigenvalue weighted by Gasteiger charge is 2.26. The summed E-state index contributed by atoms with van der Waals surface area (Å²) in [5, 5.41) is 0. The summed E-state index contributed by atoms with van der Waals surface area (Å²) >= 11 is 0. The number of ether oxygens (including phenoxy) is 3. The fraction of sp³-hybridized carbons (Fsp3) is 0.909. The van der Waals surface area contributed by atoms with Crippen molar-refractivity contribution in [1.82, 2.24) is 4.90 Å². The molecule has 0 amide bonds. The van der Waals surface area contributed by atoms with Crippen LogP contribution < -0.4 is 0 Å². The Balaban J connectivity index is 2.20. The molecule has 5 heteroatoms. The molecular weight excluding hydrogens is 210 g/mol. The number of nitrogens with zero attached hydrogens (tertiary/aromatic N) is 1. The number of rotatable bonds is 6. The lowest BCUT2D eigenvalue weighted by Gasteiger charge is -2.31. The minimum atomic E-state index is -0.440. The molecule has 1 atom stereocenters. The van der Waals surface area contributed by atoms with Crippen molar-refractivity contribution in [2.24, 2.45) is 0 Å². The smallest absolute Gasteiger partial charge is 0.336 e. The van der Waals surface area contributed by atoms with Crippen molar-refractivity contribution in [2.75, 3.05) is 46.6 Å². The molecule has 94 valence electrons. The first-order chi connectivity index (χ1) is 7.77. The third-order valence-corrected chi connectivity index (χ3v) is 2.51. The van der Waals surface area contributed by atoms with Crippen LogP contribution in [0.15, 0.2) is 0 Å². The lowest BCUT2D eigenvalue weighted by molar-refractivity contribution is -0.160. The van der Waals surface area contributed by atoms with Crippen molar-refractivity contribution in [2.45, 2.75) is 19.4 Å². The van der Waals surface area contributed by atoms with Crippen molar-refractivity contribution in [3.63, 3.8) is 0 Å². The van der Waals surface area contributed by atoms with Gasteiger partial charge in [0.15, 0.2) is 6.10 Å². The third-order valence-electron chi connectivity index (χ3n) is 2.51. The number of methoxy groups -OCH3 is 1. The Morgan fingerprint density at radius 1 is 1.50 bits per heavy atom. The zero-order valence-electron chi connectivity index (χ0n) is 10.1. The second-order valence-electron chi connectivity index (χ2n) is 3.80. The lowest BCUT2D eigenvalue weighted by atomic mass is 10.3. The molecule has 1 fully saturated rings. The minimum absolute atomic E-state index is 0.292. The van der Waals surface area contributed by atoms with Crippen LogP contribution in [0.4, 0.5) is 0 Å². The van der Waals surface area contributed by atoms with E-state index in [0.29, 0.717) is 19.8 Å². The third kappa shape index (κ3) is 4.47. The van der Waals surface area contributed by atoms with Gasteiger partial charge in [-0.1, -0.05) is 6.92 Å². The van der Waals surface area contributed by atoms with Crippen LogP contribution in [-0.2, 0) is 19.0 Å². The Morgan fingerprint density at radius 2 is 2.31 bits per heavy atom. The largest absolute Gasteiger partial charge is 0.467 e.